The molecular formula is C19H18ClNO2. The summed E-state index contributed by atoms with van der Waals surface area (Å²) in [6, 6.07) is 15.7. The molecule has 1 aromatic heterocycles. The quantitative estimate of drug-likeness (QED) is 0.430. The SMILES string of the molecule is ClCCCCOc1ccccc1/C=C/c1nc2ccccc2o1. The maximum atomic E-state index is 5.83. The first-order chi connectivity index (χ1) is 11.4. The van der Waals surface area contributed by atoms with Crippen LogP contribution in [0, 0.1) is 0 Å². The molecule has 3 nitrogen and oxygen atoms in total. The number of unbranched alkanes of at least 4 members (excludes halogenated alkanes) is 1. The number of ether oxygens (including phenoxy) is 1. The molecule has 0 atom stereocenters. The molecule has 3 rings (SSSR count). The van der Waals surface area contributed by atoms with Crippen LogP contribution >= 0.6 is 11.6 Å². The van der Waals surface area contributed by atoms with E-state index >= 15 is 0 Å². The Kier molecular flexibility index (Phi) is 5.33. The largest absolute Gasteiger partial charge is 0.493 e. The summed E-state index contributed by atoms with van der Waals surface area (Å²) in [6.45, 7) is 0.667. The van der Waals surface area contributed by atoms with Gasteiger partial charge in [-0.15, -0.1) is 11.6 Å². The van der Waals surface area contributed by atoms with Crippen LogP contribution in [0.2, 0.25) is 0 Å². The molecule has 118 valence electrons. The first kappa shape index (κ1) is 15.6. The molecule has 2 aromatic carbocycles. The second-order valence-electron chi connectivity index (χ2n) is 5.14. The highest BCUT2D eigenvalue weighted by Crippen LogP contribution is 2.22. The van der Waals surface area contributed by atoms with Gasteiger partial charge in [0.05, 0.1) is 6.61 Å². The summed E-state index contributed by atoms with van der Waals surface area (Å²) in [5.74, 6) is 2.11. The number of alkyl halides is 1. The van der Waals surface area contributed by atoms with Crippen LogP contribution in [0.4, 0.5) is 0 Å². The van der Waals surface area contributed by atoms with Gasteiger partial charge in [-0.3, -0.25) is 0 Å². The van der Waals surface area contributed by atoms with Crippen LogP contribution in [0.1, 0.15) is 24.3 Å². The highest BCUT2D eigenvalue weighted by Gasteiger charge is 2.03. The fourth-order valence-corrected chi connectivity index (χ4v) is 2.44. The van der Waals surface area contributed by atoms with Crippen molar-refractivity contribution in [3.05, 3.63) is 60.0 Å². The van der Waals surface area contributed by atoms with Gasteiger partial charge in [0.1, 0.15) is 11.3 Å². The fraction of sp³-hybridized carbons (Fsp3) is 0.211. The number of halogens is 1. The average Bonchev–Trinajstić information content (AvgIpc) is 3.01. The predicted molar refractivity (Wildman–Crippen MR) is 94.8 cm³/mol. The third-order valence-corrected chi connectivity index (χ3v) is 3.69. The first-order valence-electron chi connectivity index (χ1n) is 7.68. The highest BCUT2D eigenvalue weighted by molar-refractivity contribution is 6.17. The van der Waals surface area contributed by atoms with Crippen LogP contribution in [0.5, 0.6) is 5.75 Å². The summed E-state index contributed by atoms with van der Waals surface area (Å²) in [5.41, 5.74) is 2.65. The van der Waals surface area contributed by atoms with Crippen molar-refractivity contribution < 1.29 is 9.15 Å². The molecule has 0 spiro atoms. The summed E-state index contributed by atoms with van der Waals surface area (Å²) in [5, 5.41) is 0. The summed E-state index contributed by atoms with van der Waals surface area (Å²) >= 11 is 5.68. The second kappa shape index (κ2) is 7.84. The Bertz CT molecular complexity index is 762. The molecule has 0 unspecified atom stereocenters. The van der Waals surface area contributed by atoms with Crippen molar-refractivity contribution in [3.63, 3.8) is 0 Å². The van der Waals surface area contributed by atoms with Crippen molar-refractivity contribution >= 4 is 34.9 Å². The van der Waals surface area contributed by atoms with Gasteiger partial charge >= 0.3 is 0 Å². The van der Waals surface area contributed by atoms with Gasteiger partial charge in [0, 0.05) is 17.5 Å². The minimum atomic E-state index is 0.586. The van der Waals surface area contributed by atoms with Crippen molar-refractivity contribution in [2.75, 3.05) is 12.5 Å². The molecule has 23 heavy (non-hydrogen) atoms. The Balaban J connectivity index is 1.73. The lowest BCUT2D eigenvalue weighted by Gasteiger charge is -2.08. The van der Waals surface area contributed by atoms with Gasteiger partial charge in [-0.05, 0) is 37.1 Å². The van der Waals surface area contributed by atoms with Crippen molar-refractivity contribution in [1.82, 2.24) is 4.98 Å². The smallest absolute Gasteiger partial charge is 0.220 e. The number of fused-ring (bicyclic) bond motifs is 1. The Morgan fingerprint density at radius 2 is 1.83 bits per heavy atom. The van der Waals surface area contributed by atoms with E-state index in [9.17, 15) is 0 Å². The van der Waals surface area contributed by atoms with Crippen LogP contribution in [-0.4, -0.2) is 17.5 Å². The van der Waals surface area contributed by atoms with E-state index in [1.807, 2.05) is 60.7 Å². The monoisotopic (exact) mass is 327 g/mol. The third-order valence-electron chi connectivity index (χ3n) is 3.42. The fourth-order valence-electron chi connectivity index (χ4n) is 2.25. The van der Waals surface area contributed by atoms with Gasteiger partial charge in [-0.2, -0.15) is 0 Å². The Morgan fingerprint density at radius 1 is 1.00 bits per heavy atom. The zero-order valence-electron chi connectivity index (χ0n) is 12.7. The maximum absolute atomic E-state index is 5.83. The topological polar surface area (TPSA) is 35.3 Å². The van der Waals surface area contributed by atoms with Crippen molar-refractivity contribution in [3.8, 4) is 5.75 Å². The van der Waals surface area contributed by atoms with Crippen LogP contribution in [-0.2, 0) is 0 Å². The van der Waals surface area contributed by atoms with E-state index in [0.29, 0.717) is 18.4 Å². The Morgan fingerprint density at radius 3 is 2.70 bits per heavy atom. The third kappa shape index (κ3) is 4.14. The van der Waals surface area contributed by atoms with E-state index in [2.05, 4.69) is 4.98 Å². The van der Waals surface area contributed by atoms with Crippen LogP contribution < -0.4 is 4.74 Å². The van der Waals surface area contributed by atoms with Crippen molar-refractivity contribution in [2.45, 2.75) is 12.8 Å². The Labute approximate surface area is 140 Å². The second-order valence-corrected chi connectivity index (χ2v) is 5.51. The van der Waals surface area contributed by atoms with Crippen molar-refractivity contribution in [2.24, 2.45) is 0 Å². The average molecular weight is 328 g/mol. The van der Waals surface area contributed by atoms with E-state index in [1.54, 1.807) is 0 Å². The minimum absolute atomic E-state index is 0.586. The minimum Gasteiger partial charge on any atom is -0.493 e. The van der Waals surface area contributed by atoms with Crippen molar-refractivity contribution in [1.29, 1.82) is 0 Å². The van der Waals surface area contributed by atoms with E-state index in [-0.39, 0.29) is 0 Å². The highest BCUT2D eigenvalue weighted by atomic mass is 35.5. The molecule has 3 aromatic rings. The Hall–Kier alpha value is -2.26. The molecule has 1 heterocycles. The normalized spacial score (nSPS) is 11.3. The van der Waals surface area contributed by atoms with Gasteiger partial charge in [-0.1, -0.05) is 30.3 Å². The lowest BCUT2D eigenvalue weighted by Crippen LogP contribution is -1.98. The summed E-state index contributed by atoms with van der Waals surface area (Å²) in [6.07, 6.45) is 5.73. The molecule has 0 amide bonds. The van der Waals surface area contributed by atoms with Gasteiger partial charge in [0.15, 0.2) is 5.58 Å². The maximum Gasteiger partial charge on any atom is 0.220 e. The van der Waals surface area contributed by atoms with Gasteiger partial charge < -0.3 is 9.15 Å². The number of benzene rings is 2. The molecule has 0 radical (unpaired) electrons. The summed E-state index contributed by atoms with van der Waals surface area (Å²) in [7, 11) is 0. The molecule has 0 aliphatic carbocycles. The molecule has 4 heteroatoms. The van der Waals surface area contributed by atoms with Gasteiger partial charge in [0.25, 0.3) is 0 Å². The van der Waals surface area contributed by atoms with E-state index < -0.39 is 0 Å². The number of nitrogens with zero attached hydrogens (tertiary/aromatic N) is 1. The van der Waals surface area contributed by atoms with E-state index in [1.165, 1.54) is 0 Å². The molecule has 0 aliphatic rings. The lowest BCUT2D eigenvalue weighted by atomic mass is 10.2. The van der Waals surface area contributed by atoms with E-state index in [0.717, 1.165) is 35.3 Å². The first-order valence-corrected chi connectivity index (χ1v) is 8.22. The lowest BCUT2D eigenvalue weighted by molar-refractivity contribution is 0.309. The number of para-hydroxylation sites is 3. The van der Waals surface area contributed by atoms with E-state index in [4.69, 9.17) is 20.8 Å². The number of rotatable bonds is 7. The predicted octanol–water partition coefficient (Wildman–Crippen LogP) is 5.40. The summed E-state index contributed by atoms with van der Waals surface area (Å²) < 4.78 is 11.5. The zero-order chi connectivity index (χ0) is 15.9. The number of aromatic nitrogens is 1. The molecule has 0 aliphatic heterocycles. The molecule has 0 saturated carbocycles. The summed E-state index contributed by atoms with van der Waals surface area (Å²) in [4.78, 5) is 4.44. The van der Waals surface area contributed by atoms with Crippen LogP contribution in [0.15, 0.2) is 52.9 Å². The molecule has 0 N–H and O–H groups in total. The molecular weight excluding hydrogens is 310 g/mol. The number of hydrogen-bond acceptors (Lipinski definition) is 3. The molecule has 0 fully saturated rings. The van der Waals surface area contributed by atoms with Crippen LogP contribution in [0.25, 0.3) is 23.3 Å². The standard InChI is InChI=1S/C19H18ClNO2/c20-13-5-6-14-22-17-9-3-1-7-15(17)11-12-19-21-16-8-2-4-10-18(16)23-19/h1-4,7-12H,5-6,13-14H2/b12-11+. The number of hydrogen-bond donors (Lipinski definition) is 0. The zero-order valence-corrected chi connectivity index (χ0v) is 13.5. The number of oxazole rings is 1. The van der Waals surface area contributed by atoms with Gasteiger partial charge in [0.2, 0.25) is 5.89 Å². The molecule has 0 saturated heterocycles. The van der Waals surface area contributed by atoms with Gasteiger partial charge in [-0.25, -0.2) is 4.98 Å². The molecule has 0 bridgehead atoms. The van der Waals surface area contributed by atoms with Crippen LogP contribution in [0.3, 0.4) is 0 Å².